The molecule has 1 radical (unpaired) electrons. The summed E-state index contributed by atoms with van der Waals surface area (Å²) in [6, 6.07) is 3.90. The molecule has 1 fully saturated rings. The van der Waals surface area contributed by atoms with Crippen molar-refractivity contribution < 1.29 is 19.8 Å². The van der Waals surface area contributed by atoms with Crippen LogP contribution in [0.15, 0.2) is 18.3 Å². The maximum Gasteiger partial charge on any atom is 1.00 e. The normalized spacial score (nSPS) is 13.7. The fraction of sp³-hybridized carbons (Fsp3) is 0.583. The van der Waals surface area contributed by atoms with Crippen LogP contribution in [-0.4, -0.2) is 18.1 Å². The minimum absolute atomic E-state index is 0. The monoisotopic (exact) mass is 383 g/mol. The standard InChI is InChI=1S/C8H10N.C4H9N.Os/c1-2-4-8-5-3-6-9-7-8;1-2-4-5-3-1;/h3,5,7H,2,4H2,1H3;5H,1-4H2;/q-1;;+1. The second-order valence-electron chi connectivity index (χ2n) is 3.50. The largest absolute Gasteiger partial charge is 1.00 e. The molecule has 0 spiro atoms. The van der Waals surface area contributed by atoms with Gasteiger partial charge in [0.15, 0.2) is 0 Å². The van der Waals surface area contributed by atoms with Gasteiger partial charge in [0, 0.05) is 0 Å². The van der Waals surface area contributed by atoms with Gasteiger partial charge in [-0.05, 0) is 32.4 Å². The zero-order valence-electron chi connectivity index (χ0n) is 9.28. The third kappa shape index (κ3) is 7.65. The van der Waals surface area contributed by atoms with Gasteiger partial charge in [0.05, 0.1) is 0 Å². The van der Waals surface area contributed by atoms with E-state index in [1.54, 1.807) is 0 Å². The minimum Gasteiger partial charge on any atom is -0.394 e. The van der Waals surface area contributed by atoms with Gasteiger partial charge >= 0.3 is 19.8 Å². The third-order valence-electron chi connectivity index (χ3n) is 2.17. The Balaban J connectivity index is 0.000000280. The van der Waals surface area contributed by atoms with Gasteiger partial charge in [-0.2, -0.15) is 12.1 Å². The maximum absolute atomic E-state index is 3.88. The average molecular weight is 382 g/mol. The zero-order chi connectivity index (χ0) is 10.1. The first-order valence-corrected chi connectivity index (χ1v) is 5.45. The van der Waals surface area contributed by atoms with Gasteiger partial charge in [0.25, 0.3) is 0 Å². The van der Waals surface area contributed by atoms with Crippen LogP contribution in [0.5, 0.6) is 0 Å². The molecule has 2 heterocycles. The van der Waals surface area contributed by atoms with Crippen molar-refractivity contribution in [2.75, 3.05) is 13.1 Å². The molecule has 3 heteroatoms. The molecule has 1 N–H and O–H groups in total. The van der Waals surface area contributed by atoms with Crippen molar-refractivity contribution >= 4 is 0 Å². The molecule has 0 saturated carbocycles. The van der Waals surface area contributed by atoms with E-state index in [-0.39, 0.29) is 19.8 Å². The van der Waals surface area contributed by atoms with E-state index in [1.165, 1.54) is 37.9 Å². The fourth-order valence-corrected chi connectivity index (χ4v) is 1.41. The number of pyridine rings is 1. The molecule has 1 aromatic heterocycles. The summed E-state index contributed by atoms with van der Waals surface area (Å²) in [5, 5.41) is 3.22. The van der Waals surface area contributed by atoms with Gasteiger partial charge in [-0.1, -0.05) is 25.7 Å². The van der Waals surface area contributed by atoms with Crippen molar-refractivity contribution in [3.63, 3.8) is 0 Å². The Bertz CT molecular complexity index is 215. The van der Waals surface area contributed by atoms with Crippen LogP contribution in [0.4, 0.5) is 0 Å². The number of aromatic nitrogens is 1. The van der Waals surface area contributed by atoms with Gasteiger partial charge in [-0.25, -0.2) is 0 Å². The van der Waals surface area contributed by atoms with Crippen molar-refractivity contribution in [1.29, 1.82) is 0 Å². The van der Waals surface area contributed by atoms with Gasteiger partial charge < -0.3 is 10.3 Å². The van der Waals surface area contributed by atoms with Crippen molar-refractivity contribution in [3.05, 3.63) is 30.1 Å². The number of rotatable bonds is 2. The van der Waals surface area contributed by atoms with E-state index in [2.05, 4.69) is 29.5 Å². The zero-order valence-corrected chi connectivity index (χ0v) is 11.8. The first-order valence-electron chi connectivity index (χ1n) is 5.45. The molecule has 2 rings (SSSR count). The van der Waals surface area contributed by atoms with Crippen molar-refractivity contribution in [2.45, 2.75) is 32.6 Å². The quantitative estimate of drug-likeness (QED) is 0.795. The molecule has 1 aliphatic rings. The second kappa shape index (κ2) is 10.3. The summed E-state index contributed by atoms with van der Waals surface area (Å²) < 4.78 is 0. The summed E-state index contributed by atoms with van der Waals surface area (Å²) >= 11 is 0. The van der Waals surface area contributed by atoms with Crippen LogP contribution in [0.2, 0.25) is 0 Å². The predicted octanol–water partition coefficient (Wildman–Crippen LogP) is 2.20. The summed E-state index contributed by atoms with van der Waals surface area (Å²) in [5.41, 5.74) is 1.30. The number of nitrogens with zero attached hydrogens (tertiary/aromatic N) is 1. The first kappa shape index (κ1) is 14.7. The predicted molar refractivity (Wildman–Crippen MR) is 59.2 cm³/mol. The Hall–Kier alpha value is -0.254. The topological polar surface area (TPSA) is 24.9 Å². The van der Waals surface area contributed by atoms with Gasteiger partial charge in [0.1, 0.15) is 0 Å². The minimum atomic E-state index is 0. The Labute approximate surface area is 106 Å². The summed E-state index contributed by atoms with van der Waals surface area (Å²) in [5.74, 6) is 0. The van der Waals surface area contributed by atoms with Crippen LogP contribution in [0, 0.1) is 6.20 Å². The van der Waals surface area contributed by atoms with E-state index < -0.39 is 0 Å². The molecule has 0 aromatic carbocycles. The van der Waals surface area contributed by atoms with Crippen molar-refractivity contribution in [3.8, 4) is 0 Å². The molecule has 2 nitrogen and oxygen atoms in total. The van der Waals surface area contributed by atoms with E-state index in [4.69, 9.17) is 0 Å². The van der Waals surface area contributed by atoms with Crippen LogP contribution in [0.25, 0.3) is 0 Å². The van der Waals surface area contributed by atoms with E-state index in [9.17, 15) is 0 Å². The van der Waals surface area contributed by atoms with Crippen LogP contribution in [-0.2, 0) is 26.2 Å². The molecule has 0 atom stereocenters. The Kier molecular flexibility index (Phi) is 10.1. The molecule has 0 amide bonds. The molecule has 0 unspecified atom stereocenters. The number of hydrogen-bond acceptors (Lipinski definition) is 2. The SMILES string of the molecule is C1CCNC1.CCCc1cc[c-]nc1.[Os+]. The average Bonchev–Trinajstić information content (AvgIpc) is 2.78. The summed E-state index contributed by atoms with van der Waals surface area (Å²) in [7, 11) is 0. The molecular formula is C12H19N2Os. The summed E-state index contributed by atoms with van der Waals surface area (Å²) in [6.07, 6.45) is 9.70. The number of nitrogens with one attached hydrogen (secondary N) is 1. The van der Waals surface area contributed by atoms with Crippen LogP contribution < -0.4 is 5.32 Å². The molecule has 0 aliphatic carbocycles. The van der Waals surface area contributed by atoms with Gasteiger partial charge in [-0.15, -0.1) is 5.56 Å². The van der Waals surface area contributed by atoms with Gasteiger partial charge in [-0.3, -0.25) is 0 Å². The van der Waals surface area contributed by atoms with Crippen molar-refractivity contribution in [2.24, 2.45) is 0 Å². The summed E-state index contributed by atoms with van der Waals surface area (Å²) in [6.45, 7) is 4.66. The van der Waals surface area contributed by atoms with Crippen LogP contribution >= 0.6 is 0 Å². The van der Waals surface area contributed by atoms with Gasteiger partial charge in [0.2, 0.25) is 0 Å². The molecule has 15 heavy (non-hydrogen) atoms. The van der Waals surface area contributed by atoms with E-state index in [0.29, 0.717) is 0 Å². The maximum atomic E-state index is 3.88. The molecule has 1 aliphatic heterocycles. The smallest absolute Gasteiger partial charge is 0.394 e. The number of aryl methyl sites for hydroxylation is 1. The Morgan fingerprint density at radius 2 is 2.13 bits per heavy atom. The Morgan fingerprint density at radius 1 is 1.40 bits per heavy atom. The number of hydrogen-bond donors (Lipinski definition) is 1. The van der Waals surface area contributed by atoms with E-state index in [1.807, 2.05) is 12.3 Å². The van der Waals surface area contributed by atoms with E-state index >= 15 is 0 Å². The summed E-state index contributed by atoms with van der Waals surface area (Å²) in [4.78, 5) is 3.88. The van der Waals surface area contributed by atoms with Crippen molar-refractivity contribution in [1.82, 2.24) is 10.3 Å². The third-order valence-corrected chi connectivity index (χ3v) is 2.17. The second-order valence-corrected chi connectivity index (χ2v) is 3.50. The van der Waals surface area contributed by atoms with E-state index in [0.717, 1.165) is 6.42 Å². The Morgan fingerprint density at radius 3 is 2.53 bits per heavy atom. The molecule has 85 valence electrons. The molecule has 1 saturated heterocycles. The molecule has 1 aromatic rings. The molecular weight excluding hydrogens is 362 g/mol. The fourth-order valence-electron chi connectivity index (χ4n) is 1.41. The van der Waals surface area contributed by atoms with Crippen LogP contribution in [0.3, 0.4) is 0 Å². The molecule has 0 bridgehead atoms. The van der Waals surface area contributed by atoms with Crippen LogP contribution in [0.1, 0.15) is 31.7 Å². The first-order chi connectivity index (χ1) is 6.93.